The van der Waals surface area contributed by atoms with Crippen molar-refractivity contribution in [2.45, 2.75) is 70.6 Å². The number of hydrogen-bond acceptors (Lipinski definition) is 6. The van der Waals surface area contributed by atoms with Crippen molar-refractivity contribution in [2.24, 2.45) is 47.3 Å². The Labute approximate surface area is 218 Å². The van der Waals surface area contributed by atoms with Crippen LogP contribution < -0.4 is 10.6 Å². The summed E-state index contributed by atoms with van der Waals surface area (Å²) in [6.07, 6.45) is 9.79. The van der Waals surface area contributed by atoms with Gasteiger partial charge in [0, 0.05) is 6.54 Å². The van der Waals surface area contributed by atoms with Crippen LogP contribution in [0.15, 0.2) is 35.6 Å². The number of allylic oxidation sites excluding steroid dienone is 3. The van der Waals surface area contributed by atoms with Gasteiger partial charge in [-0.3, -0.25) is 14.4 Å². The Bertz CT molecular complexity index is 1030. The smallest absolute Gasteiger partial charge is 0.259 e. The summed E-state index contributed by atoms with van der Waals surface area (Å²) >= 11 is 0. The molecule has 5 aliphatic rings. The predicted octanol–water partition coefficient (Wildman–Crippen LogP) is 2.18. The number of fused-ring (bicyclic) bond motifs is 7. The third-order valence-corrected chi connectivity index (χ3v) is 10.2. The molecule has 2 aliphatic heterocycles. The fourth-order valence-corrected chi connectivity index (χ4v) is 8.51. The maximum atomic E-state index is 12.8. The molecule has 0 aromatic heterocycles. The number of carbonyl (C=O) groups excluding carboxylic acids is 3. The van der Waals surface area contributed by atoms with Gasteiger partial charge >= 0.3 is 0 Å². The normalized spacial score (nSPS) is 48.0. The van der Waals surface area contributed by atoms with E-state index in [0.717, 1.165) is 6.42 Å². The number of carbonyl (C=O) groups is 3. The molecule has 8 heteroatoms. The number of ketones is 1. The molecule has 202 valence electrons. The molecule has 0 aromatic carbocycles. The van der Waals surface area contributed by atoms with Crippen LogP contribution in [-0.4, -0.2) is 57.7 Å². The average Bonchev–Trinajstić information content (AvgIpc) is 3.48. The predicted molar refractivity (Wildman–Crippen MR) is 137 cm³/mol. The van der Waals surface area contributed by atoms with E-state index in [1.165, 1.54) is 25.0 Å². The van der Waals surface area contributed by atoms with Crippen molar-refractivity contribution < 1.29 is 29.7 Å². The summed E-state index contributed by atoms with van der Waals surface area (Å²) in [6.45, 7) is 4.76. The van der Waals surface area contributed by atoms with E-state index in [1.54, 1.807) is 0 Å². The Morgan fingerprint density at radius 2 is 1.78 bits per heavy atom. The molecule has 1 saturated heterocycles. The number of nitrogens with one attached hydrogen (secondary N) is 2. The molecule has 11 atom stereocenters. The summed E-state index contributed by atoms with van der Waals surface area (Å²) in [6, 6.07) is -1.16. The van der Waals surface area contributed by atoms with Crippen molar-refractivity contribution in [3.8, 4) is 0 Å². The van der Waals surface area contributed by atoms with Crippen LogP contribution in [-0.2, 0) is 14.4 Å². The monoisotopic (exact) mass is 512 g/mol. The molecule has 5 N–H and O–H groups in total. The zero-order valence-corrected chi connectivity index (χ0v) is 21.7. The number of aliphatic hydroxyl groups excluding tert-OH is 3. The van der Waals surface area contributed by atoms with Crippen LogP contribution in [0.5, 0.6) is 0 Å². The van der Waals surface area contributed by atoms with Gasteiger partial charge in [0.15, 0.2) is 5.78 Å². The van der Waals surface area contributed by atoms with E-state index in [9.17, 15) is 29.7 Å². The number of rotatable bonds is 1. The minimum absolute atomic E-state index is 0.0725. The molecule has 0 radical (unpaired) electrons. The van der Waals surface area contributed by atoms with Gasteiger partial charge in [0.25, 0.3) is 5.91 Å². The topological polar surface area (TPSA) is 136 Å². The highest BCUT2D eigenvalue weighted by Crippen LogP contribution is 2.62. The van der Waals surface area contributed by atoms with Crippen molar-refractivity contribution in [3.63, 3.8) is 0 Å². The first-order chi connectivity index (χ1) is 17.7. The van der Waals surface area contributed by atoms with E-state index in [2.05, 4.69) is 24.5 Å². The van der Waals surface area contributed by atoms with Gasteiger partial charge < -0.3 is 26.0 Å². The molecule has 3 saturated carbocycles. The highest BCUT2D eigenvalue weighted by atomic mass is 16.3. The lowest BCUT2D eigenvalue weighted by Crippen LogP contribution is -2.43. The fraction of sp³-hybridized carbons (Fsp3) is 0.690. The van der Waals surface area contributed by atoms with E-state index < -0.39 is 35.7 Å². The molecule has 37 heavy (non-hydrogen) atoms. The zero-order chi connectivity index (χ0) is 26.4. The van der Waals surface area contributed by atoms with Crippen LogP contribution in [0.1, 0.15) is 52.4 Å². The molecule has 2 amide bonds. The van der Waals surface area contributed by atoms with Gasteiger partial charge in [-0.15, -0.1) is 0 Å². The van der Waals surface area contributed by atoms with Crippen LogP contribution >= 0.6 is 0 Å². The minimum Gasteiger partial charge on any atom is -0.507 e. The third kappa shape index (κ3) is 4.67. The van der Waals surface area contributed by atoms with Gasteiger partial charge in [0.05, 0.1) is 12.2 Å². The van der Waals surface area contributed by atoms with Crippen molar-refractivity contribution in [1.29, 1.82) is 0 Å². The Hall–Kier alpha value is -2.45. The zero-order valence-electron chi connectivity index (χ0n) is 21.7. The highest BCUT2D eigenvalue weighted by Gasteiger charge is 2.58. The third-order valence-electron chi connectivity index (χ3n) is 10.2. The summed E-state index contributed by atoms with van der Waals surface area (Å²) in [5.41, 5.74) is -0.350. The molecule has 3 aliphatic carbocycles. The van der Waals surface area contributed by atoms with Crippen molar-refractivity contribution in [2.75, 3.05) is 6.54 Å². The van der Waals surface area contributed by atoms with E-state index >= 15 is 0 Å². The van der Waals surface area contributed by atoms with E-state index in [4.69, 9.17) is 0 Å². The van der Waals surface area contributed by atoms with Gasteiger partial charge in [-0.1, -0.05) is 32.4 Å². The Morgan fingerprint density at radius 3 is 2.54 bits per heavy atom. The first-order valence-corrected chi connectivity index (χ1v) is 14.0. The van der Waals surface area contributed by atoms with Crippen LogP contribution in [0.4, 0.5) is 0 Å². The second-order valence-electron chi connectivity index (χ2n) is 11.9. The van der Waals surface area contributed by atoms with Crippen LogP contribution in [0.25, 0.3) is 0 Å². The molecule has 11 unspecified atom stereocenters. The number of hydrogen-bond donors (Lipinski definition) is 5. The molecule has 4 fully saturated rings. The Balaban J connectivity index is 1.47. The lowest BCUT2D eigenvalue weighted by atomic mass is 9.62. The molecule has 2 bridgehead atoms. The number of Topliss-reactive ketones (excluding diaryl/α,β-unsaturated/α-hetero) is 1. The minimum atomic E-state index is -1.19. The summed E-state index contributed by atoms with van der Waals surface area (Å²) in [7, 11) is 0. The first kappa shape index (κ1) is 26.2. The van der Waals surface area contributed by atoms with Crippen LogP contribution in [0.3, 0.4) is 0 Å². The second-order valence-corrected chi connectivity index (χ2v) is 11.9. The summed E-state index contributed by atoms with van der Waals surface area (Å²) in [5.74, 6) is 1.03. The lowest BCUT2D eigenvalue weighted by Gasteiger charge is -2.44. The SMILES string of the molecule is CCC1CC2CC3C4C/C=C\C(=O)NCCC(O)C5NC(=O)/C(=C(O)\C=C\C4CC(O)C3C2C1C)C5=O. The molecule has 5 rings (SSSR count). The largest absolute Gasteiger partial charge is 0.507 e. The summed E-state index contributed by atoms with van der Waals surface area (Å²) < 4.78 is 0. The lowest BCUT2D eigenvalue weighted by molar-refractivity contribution is -0.118. The Morgan fingerprint density at radius 1 is 1.00 bits per heavy atom. The molecule has 0 aromatic rings. The van der Waals surface area contributed by atoms with Gasteiger partial charge in [-0.05, 0) is 91.6 Å². The maximum absolute atomic E-state index is 12.8. The quantitative estimate of drug-likeness (QED) is 0.342. The van der Waals surface area contributed by atoms with Gasteiger partial charge in [0.1, 0.15) is 17.4 Å². The van der Waals surface area contributed by atoms with E-state index in [1.807, 2.05) is 12.2 Å². The van der Waals surface area contributed by atoms with Crippen molar-refractivity contribution >= 4 is 17.6 Å². The van der Waals surface area contributed by atoms with Crippen molar-refractivity contribution in [3.05, 3.63) is 35.6 Å². The molecule has 2 heterocycles. The average molecular weight is 513 g/mol. The maximum Gasteiger partial charge on any atom is 0.259 e. The number of amides is 2. The second kappa shape index (κ2) is 10.4. The Kier molecular flexibility index (Phi) is 7.33. The van der Waals surface area contributed by atoms with Crippen LogP contribution in [0, 0.1) is 47.3 Å². The number of aliphatic hydroxyl groups is 3. The van der Waals surface area contributed by atoms with Gasteiger partial charge in [-0.25, -0.2) is 0 Å². The van der Waals surface area contributed by atoms with Gasteiger partial charge in [-0.2, -0.15) is 0 Å². The summed E-state index contributed by atoms with van der Waals surface area (Å²) in [5, 5.41) is 37.7. The highest BCUT2D eigenvalue weighted by molar-refractivity contribution is 6.27. The van der Waals surface area contributed by atoms with Crippen LogP contribution in [0.2, 0.25) is 0 Å². The molecule has 0 spiro atoms. The molecular formula is C29H40N2O6. The molecular weight excluding hydrogens is 472 g/mol. The first-order valence-electron chi connectivity index (χ1n) is 14.0. The standard InChI is InChI=1S/C29H40N2O6/c1-3-15-11-17-12-19-18-5-4-6-23(35)30-10-9-21(33)27-28(36)26(29(37)31-27)20(32)8-7-16(18)13-22(34)25(19)24(17)14(15)2/h4,6-8,14-19,21-22,24-25,27,32-34H,3,5,9-13H2,1-2H3,(H,30,35)(H,31,37)/b6-4-,8-7+,26-20+. The molecule has 8 nitrogen and oxygen atoms in total. The summed E-state index contributed by atoms with van der Waals surface area (Å²) in [4.78, 5) is 37.7. The van der Waals surface area contributed by atoms with E-state index in [-0.39, 0.29) is 42.2 Å². The van der Waals surface area contributed by atoms with Gasteiger partial charge in [0.2, 0.25) is 5.91 Å². The van der Waals surface area contributed by atoms with E-state index in [0.29, 0.717) is 42.4 Å². The fourth-order valence-electron chi connectivity index (χ4n) is 8.51. The van der Waals surface area contributed by atoms with Crippen molar-refractivity contribution in [1.82, 2.24) is 10.6 Å².